The van der Waals surface area contributed by atoms with Gasteiger partial charge in [-0.3, -0.25) is 4.79 Å². The van der Waals surface area contributed by atoms with Crippen LogP contribution < -0.4 is 5.73 Å². The second-order valence-corrected chi connectivity index (χ2v) is 4.31. The molecule has 1 saturated heterocycles. The van der Waals surface area contributed by atoms with Crippen LogP contribution in [-0.2, 0) is 9.53 Å². The summed E-state index contributed by atoms with van der Waals surface area (Å²) in [5.41, 5.74) is 5.39. The molecule has 15 heavy (non-hydrogen) atoms. The molecule has 0 bridgehead atoms. The van der Waals surface area contributed by atoms with Crippen molar-refractivity contribution in [1.29, 1.82) is 0 Å². The summed E-state index contributed by atoms with van der Waals surface area (Å²) < 4.78 is 5.48. The third-order valence-corrected chi connectivity index (χ3v) is 2.93. The summed E-state index contributed by atoms with van der Waals surface area (Å²) in [4.78, 5) is 11.5. The number of unbranched alkanes of at least 4 members (excludes halogenated alkanes) is 2. The van der Waals surface area contributed by atoms with E-state index in [2.05, 4.69) is 0 Å². The van der Waals surface area contributed by atoms with Crippen LogP contribution in [-0.4, -0.2) is 25.0 Å². The predicted molar refractivity (Wildman–Crippen MR) is 60.7 cm³/mol. The minimum absolute atomic E-state index is 0.359. The van der Waals surface area contributed by atoms with E-state index in [9.17, 15) is 4.79 Å². The van der Waals surface area contributed by atoms with Gasteiger partial charge in [0, 0.05) is 19.4 Å². The van der Waals surface area contributed by atoms with E-state index >= 15 is 0 Å². The van der Waals surface area contributed by atoms with Gasteiger partial charge in [-0.2, -0.15) is 0 Å². The second kappa shape index (κ2) is 7.83. The maximum atomic E-state index is 11.5. The van der Waals surface area contributed by atoms with Crippen molar-refractivity contribution in [2.45, 2.75) is 57.5 Å². The van der Waals surface area contributed by atoms with Gasteiger partial charge in [-0.15, -0.1) is 0 Å². The molecule has 3 heteroatoms. The average Bonchev–Trinajstić information content (AvgIpc) is 2.74. The van der Waals surface area contributed by atoms with E-state index in [1.165, 1.54) is 0 Å². The second-order valence-electron chi connectivity index (χ2n) is 4.31. The topological polar surface area (TPSA) is 52.3 Å². The fourth-order valence-corrected chi connectivity index (χ4v) is 1.96. The molecule has 1 heterocycles. The van der Waals surface area contributed by atoms with Crippen LogP contribution in [0.15, 0.2) is 0 Å². The normalized spacial score (nSPS) is 20.7. The van der Waals surface area contributed by atoms with E-state index in [-0.39, 0.29) is 0 Å². The molecule has 0 radical (unpaired) electrons. The van der Waals surface area contributed by atoms with E-state index in [1.54, 1.807) is 0 Å². The molecule has 0 aromatic carbocycles. The smallest absolute Gasteiger partial charge is 0.133 e. The third-order valence-electron chi connectivity index (χ3n) is 2.93. The molecule has 1 rings (SSSR count). The van der Waals surface area contributed by atoms with Crippen molar-refractivity contribution in [3.05, 3.63) is 0 Å². The first kappa shape index (κ1) is 12.7. The van der Waals surface area contributed by atoms with Gasteiger partial charge in [0.1, 0.15) is 5.78 Å². The molecule has 1 aliphatic rings. The van der Waals surface area contributed by atoms with E-state index in [1.807, 2.05) is 0 Å². The Bertz CT molecular complexity index is 176. The van der Waals surface area contributed by atoms with Gasteiger partial charge in [-0.1, -0.05) is 6.42 Å². The van der Waals surface area contributed by atoms with Crippen LogP contribution in [0.1, 0.15) is 51.4 Å². The number of nitrogens with two attached hydrogens (primary N) is 1. The van der Waals surface area contributed by atoms with Crippen LogP contribution in [0.4, 0.5) is 0 Å². The van der Waals surface area contributed by atoms with Crippen LogP contribution >= 0.6 is 0 Å². The predicted octanol–water partition coefficient (Wildman–Crippen LogP) is 2.03. The summed E-state index contributed by atoms with van der Waals surface area (Å²) >= 11 is 0. The number of hydrogen-bond acceptors (Lipinski definition) is 3. The standard InChI is InChI=1S/C12H23NO2/c13-9-3-1-2-5-11(14)7-8-12-6-4-10-15-12/h12H,1-10,13H2. The molecule has 1 fully saturated rings. The fraction of sp³-hybridized carbons (Fsp3) is 0.917. The number of Topliss-reactive ketones (excluding diaryl/α,β-unsaturated/α-hetero) is 1. The van der Waals surface area contributed by atoms with Crippen LogP contribution in [0.3, 0.4) is 0 Å². The number of ether oxygens (including phenoxy) is 1. The molecule has 3 nitrogen and oxygen atoms in total. The zero-order valence-electron chi connectivity index (χ0n) is 9.54. The monoisotopic (exact) mass is 213 g/mol. The largest absolute Gasteiger partial charge is 0.378 e. The molecule has 1 unspecified atom stereocenters. The van der Waals surface area contributed by atoms with E-state index < -0.39 is 0 Å². The Morgan fingerprint density at radius 2 is 2.13 bits per heavy atom. The lowest BCUT2D eigenvalue weighted by molar-refractivity contribution is -0.119. The van der Waals surface area contributed by atoms with E-state index in [0.29, 0.717) is 18.3 Å². The zero-order chi connectivity index (χ0) is 10.9. The van der Waals surface area contributed by atoms with Gasteiger partial charge < -0.3 is 10.5 Å². The Hall–Kier alpha value is -0.410. The summed E-state index contributed by atoms with van der Waals surface area (Å²) in [7, 11) is 0. The number of carbonyl (C=O) groups excluding carboxylic acids is 1. The maximum Gasteiger partial charge on any atom is 0.133 e. The Morgan fingerprint density at radius 1 is 1.27 bits per heavy atom. The van der Waals surface area contributed by atoms with Crippen molar-refractivity contribution in [3.8, 4) is 0 Å². The average molecular weight is 213 g/mol. The van der Waals surface area contributed by atoms with Gasteiger partial charge in [0.2, 0.25) is 0 Å². The molecular formula is C12H23NO2. The van der Waals surface area contributed by atoms with Crippen LogP contribution in [0.2, 0.25) is 0 Å². The van der Waals surface area contributed by atoms with Gasteiger partial charge in [0.05, 0.1) is 6.10 Å². The van der Waals surface area contributed by atoms with Crippen molar-refractivity contribution in [3.63, 3.8) is 0 Å². The van der Waals surface area contributed by atoms with Crippen molar-refractivity contribution in [1.82, 2.24) is 0 Å². The first-order chi connectivity index (χ1) is 7.33. The molecule has 0 aliphatic carbocycles. The molecule has 0 saturated carbocycles. The fourth-order valence-electron chi connectivity index (χ4n) is 1.96. The van der Waals surface area contributed by atoms with Gasteiger partial charge in [-0.25, -0.2) is 0 Å². The van der Waals surface area contributed by atoms with Gasteiger partial charge in [-0.05, 0) is 38.6 Å². The van der Waals surface area contributed by atoms with Gasteiger partial charge in [0.15, 0.2) is 0 Å². The lowest BCUT2D eigenvalue weighted by Gasteiger charge is -2.07. The number of rotatable bonds is 8. The van der Waals surface area contributed by atoms with Crippen LogP contribution in [0.5, 0.6) is 0 Å². The van der Waals surface area contributed by atoms with Crippen molar-refractivity contribution in [2.75, 3.05) is 13.2 Å². The third kappa shape index (κ3) is 5.90. The summed E-state index contributed by atoms with van der Waals surface area (Å²) in [5, 5.41) is 0. The van der Waals surface area contributed by atoms with Crippen molar-refractivity contribution < 1.29 is 9.53 Å². The molecule has 2 N–H and O–H groups in total. The molecule has 0 aromatic heterocycles. The van der Waals surface area contributed by atoms with Gasteiger partial charge in [0.25, 0.3) is 0 Å². The minimum atomic E-state index is 0.359. The molecular weight excluding hydrogens is 190 g/mol. The van der Waals surface area contributed by atoms with Crippen molar-refractivity contribution in [2.24, 2.45) is 5.73 Å². The Balaban J connectivity index is 1.93. The Kier molecular flexibility index (Phi) is 6.60. The lowest BCUT2D eigenvalue weighted by Crippen LogP contribution is -2.08. The van der Waals surface area contributed by atoms with E-state index in [4.69, 9.17) is 10.5 Å². The molecule has 1 atom stereocenters. The summed E-state index contributed by atoms with van der Waals surface area (Å²) in [6.45, 7) is 1.62. The first-order valence-electron chi connectivity index (χ1n) is 6.16. The molecule has 88 valence electrons. The van der Waals surface area contributed by atoms with Crippen molar-refractivity contribution >= 4 is 5.78 Å². The highest BCUT2D eigenvalue weighted by Crippen LogP contribution is 2.17. The molecule has 1 aliphatic heterocycles. The summed E-state index contributed by atoms with van der Waals surface area (Å²) in [6.07, 6.45) is 8.15. The highest BCUT2D eigenvalue weighted by Gasteiger charge is 2.16. The van der Waals surface area contributed by atoms with Crippen LogP contribution in [0, 0.1) is 0 Å². The quantitative estimate of drug-likeness (QED) is 0.628. The van der Waals surface area contributed by atoms with E-state index in [0.717, 1.165) is 58.1 Å². The molecule has 0 spiro atoms. The molecule has 0 amide bonds. The number of ketones is 1. The number of carbonyl (C=O) groups is 1. The van der Waals surface area contributed by atoms with Gasteiger partial charge >= 0.3 is 0 Å². The zero-order valence-corrected chi connectivity index (χ0v) is 9.54. The number of hydrogen-bond donors (Lipinski definition) is 1. The van der Waals surface area contributed by atoms with Crippen LogP contribution in [0.25, 0.3) is 0 Å². The molecule has 0 aromatic rings. The Morgan fingerprint density at radius 3 is 2.80 bits per heavy atom. The maximum absolute atomic E-state index is 11.5. The first-order valence-corrected chi connectivity index (χ1v) is 6.16. The lowest BCUT2D eigenvalue weighted by atomic mass is 10.0. The highest BCUT2D eigenvalue weighted by atomic mass is 16.5. The SMILES string of the molecule is NCCCCCC(=O)CCC1CCCO1. The summed E-state index contributed by atoms with van der Waals surface area (Å²) in [5.74, 6) is 0.391. The minimum Gasteiger partial charge on any atom is -0.378 e. The Labute approximate surface area is 92.4 Å². The highest BCUT2D eigenvalue weighted by molar-refractivity contribution is 5.78. The summed E-state index contributed by atoms with van der Waals surface area (Å²) in [6, 6.07) is 0.